The number of ether oxygens (including phenoxy) is 1. The fourth-order valence-corrected chi connectivity index (χ4v) is 1.92. The van der Waals surface area contributed by atoms with Crippen molar-refractivity contribution < 1.29 is 9.84 Å². The van der Waals surface area contributed by atoms with E-state index in [4.69, 9.17) is 4.74 Å². The third-order valence-electron chi connectivity index (χ3n) is 3.64. The highest BCUT2D eigenvalue weighted by atomic mass is 16.5. The van der Waals surface area contributed by atoms with Crippen LogP contribution < -0.4 is 10.1 Å². The van der Waals surface area contributed by atoms with Gasteiger partial charge < -0.3 is 15.2 Å². The molecule has 0 spiro atoms. The Bertz CT molecular complexity index is 399. The van der Waals surface area contributed by atoms with E-state index >= 15 is 0 Å². The van der Waals surface area contributed by atoms with E-state index in [0.29, 0.717) is 16.9 Å². The van der Waals surface area contributed by atoms with Gasteiger partial charge in [-0.25, -0.2) is 0 Å². The van der Waals surface area contributed by atoms with Crippen LogP contribution in [0, 0.1) is 5.41 Å². The Morgan fingerprint density at radius 1 is 1.47 bits per heavy atom. The predicted molar refractivity (Wildman–Crippen MR) is 68.4 cm³/mol. The molecule has 3 heteroatoms. The van der Waals surface area contributed by atoms with Gasteiger partial charge in [0.1, 0.15) is 11.5 Å². The van der Waals surface area contributed by atoms with Crippen LogP contribution in [0.2, 0.25) is 0 Å². The number of methoxy groups -OCH3 is 1. The van der Waals surface area contributed by atoms with Crippen LogP contribution in [0.5, 0.6) is 11.5 Å². The van der Waals surface area contributed by atoms with Crippen LogP contribution in [-0.2, 0) is 0 Å². The lowest BCUT2D eigenvalue weighted by Gasteiger charge is -2.18. The van der Waals surface area contributed by atoms with Gasteiger partial charge in [0.25, 0.3) is 0 Å². The lowest BCUT2D eigenvalue weighted by molar-refractivity contribution is 0.401. The van der Waals surface area contributed by atoms with Crippen molar-refractivity contribution in [3.05, 3.63) is 23.8 Å². The normalized spacial score (nSPS) is 18.8. The van der Waals surface area contributed by atoms with E-state index in [1.54, 1.807) is 13.2 Å². The van der Waals surface area contributed by atoms with Crippen LogP contribution in [0.15, 0.2) is 18.2 Å². The van der Waals surface area contributed by atoms with Gasteiger partial charge in [0.2, 0.25) is 0 Å². The van der Waals surface area contributed by atoms with Crippen molar-refractivity contribution in [1.82, 2.24) is 5.32 Å². The summed E-state index contributed by atoms with van der Waals surface area (Å²) in [5.74, 6) is 0.984. The van der Waals surface area contributed by atoms with Gasteiger partial charge >= 0.3 is 0 Å². The Kier molecular flexibility index (Phi) is 3.29. The van der Waals surface area contributed by atoms with Crippen LogP contribution in [-0.4, -0.2) is 18.8 Å². The third kappa shape index (κ3) is 2.91. The van der Waals surface area contributed by atoms with Crippen molar-refractivity contribution in [3.63, 3.8) is 0 Å². The minimum Gasteiger partial charge on any atom is -0.507 e. The van der Waals surface area contributed by atoms with Gasteiger partial charge in [0.15, 0.2) is 0 Å². The molecule has 0 radical (unpaired) electrons. The monoisotopic (exact) mass is 235 g/mol. The van der Waals surface area contributed by atoms with Crippen molar-refractivity contribution in [1.29, 1.82) is 0 Å². The predicted octanol–water partition coefficient (Wildman–Crippen LogP) is 2.85. The molecule has 2 N–H and O–H groups in total. The molecule has 1 aliphatic carbocycles. The molecule has 94 valence electrons. The largest absolute Gasteiger partial charge is 0.507 e. The standard InChI is InChI=1S/C14H21NO2/c1-10(15-9-14(2)6-7-14)12-5-4-11(17-3)8-13(12)16/h4-5,8,10,15-16H,6-7,9H2,1-3H3. The minimum atomic E-state index is 0.165. The summed E-state index contributed by atoms with van der Waals surface area (Å²) < 4.78 is 5.07. The summed E-state index contributed by atoms with van der Waals surface area (Å²) in [7, 11) is 1.60. The number of nitrogens with one attached hydrogen (secondary N) is 1. The van der Waals surface area contributed by atoms with Crippen LogP contribution in [0.3, 0.4) is 0 Å². The molecule has 0 saturated heterocycles. The quantitative estimate of drug-likeness (QED) is 0.824. The van der Waals surface area contributed by atoms with E-state index in [1.165, 1.54) is 12.8 Å². The Morgan fingerprint density at radius 3 is 2.71 bits per heavy atom. The highest BCUT2D eigenvalue weighted by molar-refractivity contribution is 5.41. The van der Waals surface area contributed by atoms with E-state index in [-0.39, 0.29) is 6.04 Å². The maximum absolute atomic E-state index is 9.92. The molecule has 0 heterocycles. The number of hydrogen-bond acceptors (Lipinski definition) is 3. The first-order chi connectivity index (χ1) is 8.04. The SMILES string of the molecule is COc1ccc(C(C)NCC2(C)CC2)c(O)c1. The summed E-state index contributed by atoms with van der Waals surface area (Å²) in [5, 5.41) is 13.4. The number of phenolic OH excluding ortho intramolecular Hbond substituents is 1. The molecule has 1 unspecified atom stereocenters. The van der Waals surface area contributed by atoms with Gasteiger partial charge in [-0.05, 0) is 31.2 Å². The van der Waals surface area contributed by atoms with Gasteiger partial charge in [0.05, 0.1) is 7.11 Å². The highest BCUT2D eigenvalue weighted by Gasteiger charge is 2.37. The first-order valence-corrected chi connectivity index (χ1v) is 6.14. The molecule has 2 rings (SSSR count). The summed E-state index contributed by atoms with van der Waals surface area (Å²) in [5.41, 5.74) is 1.41. The average molecular weight is 235 g/mol. The molecule has 0 amide bonds. The zero-order valence-electron chi connectivity index (χ0n) is 10.8. The fourth-order valence-electron chi connectivity index (χ4n) is 1.92. The van der Waals surface area contributed by atoms with Gasteiger partial charge in [-0.1, -0.05) is 13.0 Å². The molecule has 1 fully saturated rings. The van der Waals surface area contributed by atoms with Crippen LogP contribution >= 0.6 is 0 Å². The van der Waals surface area contributed by atoms with Crippen molar-refractivity contribution in [2.75, 3.05) is 13.7 Å². The molecule has 0 bridgehead atoms. The van der Waals surface area contributed by atoms with Gasteiger partial charge in [-0.15, -0.1) is 0 Å². The fraction of sp³-hybridized carbons (Fsp3) is 0.571. The maximum atomic E-state index is 9.92. The number of benzene rings is 1. The number of rotatable bonds is 5. The second kappa shape index (κ2) is 4.57. The summed E-state index contributed by atoms with van der Waals surface area (Å²) >= 11 is 0. The molecule has 17 heavy (non-hydrogen) atoms. The molecule has 0 aliphatic heterocycles. The summed E-state index contributed by atoms with van der Waals surface area (Å²) in [6, 6.07) is 5.62. The Morgan fingerprint density at radius 2 is 2.18 bits per heavy atom. The molecule has 1 saturated carbocycles. The number of phenols is 1. The van der Waals surface area contributed by atoms with Gasteiger partial charge in [-0.2, -0.15) is 0 Å². The molecule has 1 aromatic rings. The minimum absolute atomic E-state index is 0.165. The lowest BCUT2D eigenvalue weighted by Crippen LogP contribution is -2.25. The Hall–Kier alpha value is -1.22. The van der Waals surface area contributed by atoms with Crippen molar-refractivity contribution >= 4 is 0 Å². The first kappa shape index (κ1) is 12.2. The molecule has 1 aliphatic rings. The van der Waals surface area contributed by atoms with Gasteiger partial charge in [0, 0.05) is 24.2 Å². The van der Waals surface area contributed by atoms with Crippen molar-refractivity contribution in [3.8, 4) is 11.5 Å². The Balaban J connectivity index is 2.00. The van der Waals surface area contributed by atoms with E-state index in [9.17, 15) is 5.11 Å². The first-order valence-electron chi connectivity index (χ1n) is 6.14. The van der Waals surface area contributed by atoms with E-state index in [2.05, 4.69) is 19.2 Å². The van der Waals surface area contributed by atoms with Gasteiger partial charge in [-0.3, -0.25) is 0 Å². The van der Waals surface area contributed by atoms with E-state index in [0.717, 1.165) is 12.1 Å². The topological polar surface area (TPSA) is 41.5 Å². The highest BCUT2D eigenvalue weighted by Crippen LogP contribution is 2.44. The molecular weight excluding hydrogens is 214 g/mol. The summed E-state index contributed by atoms with van der Waals surface area (Å²) in [6.07, 6.45) is 2.61. The van der Waals surface area contributed by atoms with Crippen LogP contribution in [0.1, 0.15) is 38.3 Å². The molecular formula is C14H21NO2. The smallest absolute Gasteiger partial charge is 0.124 e. The van der Waals surface area contributed by atoms with Crippen molar-refractivity contribution in [2.24, 2.45) is 5.41 Å². The number of aromatic hydroxyl groups is 1. The number of hydrogen-bond donors (Lipinski definition) is 2. The van der Waals surface area contributed by atoms with Crippen LogP contribution in [0.25, 0.3) is 0 Å². The van der Waals surface area contributed by atoms with E-state index < -0.39 is 0 Å². The average Bonchev–Trinajstić information content (AvgIpc) is 3.05. The van der Waals surface area contributed by atoms with Crippen LogP contribution in [0.4, 0.5) is 0 Å². The lowest BCUT2D eigenvalue weighted by atomic mass is 10.1. The molecule has 0 aromatic heterocycles. The molecule has 1 aromatic carbocycles. The second-order valence-electron chi connectivity index (χ2n) is 5.34. The van der Waals surface area contributed by atoms with E-state index in [1.807, 2.05) is 12.1 Å². The Labute approximate surface area is 103 Å². The summed E-state index contributed by atoms with van der Waals surface area (Å²) in [6.45, 7) is 5.38. The maximum Gasteiger partial charge on any atom is 0.124 e. The molecule has 3 nitrogen and oxygen atoms in total. The van der Waals surface area contributed by atoms with Crippen molar-refractivity contribution in [2.45, 2.75) is 32.7 Å². The zero-order valence-corrected chi connectivity index (χ0v) is 10.8. The summed E-state index contributed by atoms with van der Waals surface area (Å²) in [4.78, 5) is 0. The zero-order chi connectivity index (χ0) is 12.5. The second-order valence-corrected chi connectivity index (χ2v) is 5.34. The molecule has 1 atom stereocenters. The third-order valence-corrected chi connectivity index (χ3v) is 3.64.